The molecule has 1 aliphatic carbocycles. The second kappa shape index (κ2) is 6.72. The van der Waals surface area contributed by atoms with Crippen molar-refractivity contribution >= 4 is 31.4 Å². The van der Waals surface area contributed by atoms with Gasteiger partial charge in [0.25, 0.3) is 0 Å². The van der Waals surface area contributed by atoms with E-state index in [1.165, 1.54) is 35.4 Å². The maximum Gasteiger partial charge on any atom is 0.321 e. The number of nitrogens with one attached hydrogen (secondary N) is 1. The average molecular weight is 374 g/mol. The Hall–Kier alpha value is -1.61. The van der Waals surface area contributed by atoms with Gasteiger partial charge >= 0.3 is 6.03 Å². The van der Waals surface area contributed by atoms with Gasteiger partial charge in [0.05, 0.1) is 10.1 Å². The third-order valence-electron chi connectivity index (χ3n) is 4.32. The van der Waals surface area contributed by atoms with Crippen molar-refractivity contribution in [3.63, 3.8) is 0 Å². The van der Waals surface area contributed by atoms with Crippen LogP contribution < -0.4 is 5.32 Å². The van der Waals surface area contributed by atoms with Crippen LogP contribution in [-0.2, 0) is 19.7 Å². The van der Waals surface area contributed by atoms with Gasteiger partial charge in [-0.25, -0.2) is 21.6 Å². The molecular weight excluding hydrogens is 352 g/mol. The molecule has 2 amide bonds. The molecule has 1 aliphatic rings. The Kier molecular flexibility index (Phi) is 5.24. The van der Waals surface area contributed by atoms with E-state index in [9.17, 15) is 21.6 Å². The summed E-state index contributed by atoms with van der Waals surface area (Å²) < 4.78 is 46.5. The first-order valence-electron chi connectivity index (χ1n) is 7.53. The summed E-state index contributed by atoms with van der Waals surface area (Å²) >= 11 is 0. The monoisotopic (exact) mass is 374 g/mol. The van der Waals surface area contributed by atoms with Gasteiger partial charge in [0, 0.05) is 31.3 Å². The van der Waals surface area contributed by atoms with E-state index >= 15 is 0 Å². The highest BCUT2D eigenvalue weighted by Crippen LogP contribution is 2.29. The van der Waals surface area contributed by atoms with E-state index in [0.717, 1.165) is 12.7 Å². The van der Waals surface area contributed by atoms with Crippen LogP contribution in [0.3, 0.4) is 0 Å². The molecule has 1 saturated carbocycles. The number of rotatable bonds is 4. The summed E-state index contributed by atoms with van der Waals surface area (Å²) in [6.07, 6.45) is 4.29. The summed E-state index contributed by atoms with van der Waals surface area (Å²) in [5, 5.41) is 2.13. The molecule has 134 valence electrons. The van der Waals surface area contributed by atoms with Crippen molar-refractivity contribution in [2.75, 3.05) is 24.9 Å². The first-order chi connectivity index (χ1) is 11.0. The van der Waals surface area contributed by atoms with E-state index in [2.05, 4.69) is 5.32 Å². The number of sulfone groups is 2. The van der Waals surface area contributed by atoms with Gasteiger partial charge < -0.3 is 10.2 Å². The maximum absolute atomic E-state index is 12.4. The van der Waals surface area contributed by atoms with Gasteiger partial charge in [0.15, 0.2) is 19.7 Å². The van der Waals surface area contributed by atoms with Crippen LogP contribution in [0.5, 0.6) is 0 Å². The number of carbonyl (C=O) groups excluding carboxylic acids is 1. The minimum Gasteiger partial charge on any atom is -0.323 e. The van der Waals surface area contributed by atoms with Crippen molar-refractivity contribution in [1.29, 1.82) is 0 Å². The minimum absolute atomic E-state index is 0.168. The van der Waals surface area contributed by atoms with E-state index < -0.39 is 31.0 Å². The number of hydrogen-bond donors (Lipinski definition) is 1. The van der Waals surface area contributed by atoms with Crippen LogP contribution >= 0.6 is 0 Å². The van der Waals surface area contributed by atoms with Crippen LogP contribution in [0.2, 0.25) is 0 Å². The van der Waals surface area contributed by atoms with Crippen molar-refractivity contribution < 1.29 is 21.6 Å². The quantitative estimate of drug-likeness (QED) is 0.861. The van der Waals surface area contributed by atoms with Crippen LogP contribution in [0.25, 0.3) is 0 Å². The molecule has 1 fully saturated rings. The molecule has 0 saturated heterocycles. The minimum atomic E-state index is -3.29. The first-order valence-corrected chi connectivity index (χ1v) is 11.4. The lowest BCUT2D eigenvalue weighted by Gasteiger charge is -2.29. The highest BCUT2D eigenvalue weighted by atomic mass is 32.2. The predicted molar refractivity (Wildman–Crippen MR) is 92.6 cm³/mol. The van der Waals surface area contributed by atoms with Gasteiger partial charge in [-0.15, -0.1) is 0 Å². The molecule has 7 nitrogen and oxygen atoms in total. The number of amides is 2. The zero-order valence-corrected chi connectivity index (χ0v) is 15.5. The normalized spacial score (nSPS) is 21.5. The van der Waals surface area contributed by atoms with Crippen LogP contribution in [0, 0.1) is 0 Å². The van der Waals surface area contributed by atoms with Crippen molar-refractivity contribution in [1.82, 2.24) is 4.90 Å². The summed E-state index contributed by atoms with van der Waals surface area (Å²) in [5.74, 6) is 0. The molecule has 0 radical (unpaired) electrons. The number of anilines is 1. The van der Waals surface area contributed by atoms with Crippen molar-refractivity contribution in [2.45, 2.75) is 35.4 Å². The molecular formula is C15H22N2O5S2. The summed E-state index contributed by atoms with van der Waals surface area (Å²) in [4.78, 5) is 13.9. The van der Waals surface area contributed by atoms with Crippen molar-refractivity contribution in [3.05, 3.63) is 24.3 Å². The molecule has 0 heterocycles. The zero-order valence-electron chi connectivity index (χ0n) is 13.9. The Morgan fingerprint density at radius 2 is 1.67 bits per heavy atom. The standard InChI is InChI=1S/C15H22N2O5S2/c1-17(13-5-4-6-14(13)24(3,21)22)15(18)16-11-7-9-12(10-8-11)23(2,19)20/h7-10,13-14H,4-6H2,1-3H3,(H,16,18)/t13-,14+/m1/s1. The molecule has 0 aromatic heterocycles. The third kappa shape index (κ3) is 4.27. The molecule has 1 aromatic rings. The summed E-state index contributed by atoms with van der Waals surface area (Å²) in [5.41, 5.74) is 0.452. The van der Waals surface area contributed by atoms with Gasteiger partial charge in [-0.05, 0) is 43.5 Å². The number of urea groups is 1. The Morgan fingerprint density at radius 1 is 1.08 bits per heavy atom. The maximum atomic E-state index is 12.4. The fourth-order valence-electron chi connectivity index (χ4n) is 3.00. The molecule has 2 rings (SSSR count). The Labute approximate surface area is 142 Å². The molecule has 2 atom stereocenters. The number of hydrogen-bond acceptors (Lipinski definition) is 5. The summed E-state index contributed by atoms with van der Waals surface area (Å²) in [6, 6.07) is 5.08. The number of carbonyl (C=O) groups is 1. The topological polar surface area (TPSA) is 101 Å². The molecule has 0 spiro atoms. The first kappa shape index (κ1) is 18.7. The number of benzene rings is 1. The lowest BCUT2D eigenvalue weighted by atomic mass is 10.2. The molecule has 9 heteroatoms. The van der Waals surface area contributed by atoms with E-state index in [1.54, 1.807) is 7.05 Å². The van der Waals surface area contributed by atoms with Crippen LogP contribution in [0.15, 0.2) is 29.2 Å². The third-order valence-corrected chi connectivity index (χ3v) is 7.10. The van der Waals surface area contributed by atoms with Gasteiger partial charge in [0.1, 0.15) is 0 Å². The average Bonchev–Trinajstić information content (AvgIpc) is 2.95. The molecule has 0 bridgehead atoms. The van der Waals surface area contributed by atoms with Crippen molar-refractivity contribution in [3.8, 4) is 0 Å². The fourth-order valence-corrected chi connectivity index (χ4v) is 5.11. The van der Waals surface area contributed by atoms with E-state index in [0.29, 0.717) is 18.5 Å². The Bertz CT molecular complexity index is 816. The lowest BCUT2D eigenvalue weighted by Crippen LogP contribution is -2.46. The predicted octanol–water partition coefficient (Wildman–Crippen LogP) is 1.52. The summed E-state index contributed by atoms with van der Waals surface area (Å²) in [7, 11) is -4.93. The van der Waals surface area contributed by atoms with Gasteiger partial charge in [0.2, 0.25) is 0 Å². The highest BCUT2D eigenvalue weighted by molar-refractivity contribution is 7.91. The van der Waals surface area contributed by atoms with Crippen LogP contribution in [0.4, 0.5) is 10.5 Å². The van der Waals surface area contributed by atoms with E-state index in [1.807, 2.05) is 0 Å². The van der Waals surface area contributed by atoms with Gasteiger partial charge in [-0.2, -0.15) is 0 Å². The number of nitrogens with zero attached hydrogens (tertiary/aromatic N) is 1. The largest absolute Gasteiger partial charge is 0.323 e. The van der Waals surface area contributed by atoms with Crippen LogP contribution in [-0.4, -0.2) is 58.6 Å². The molecule has 0 aliphatic heterocycles. The second-order valence-electron chi connectivity index (χ2n) is 6.20. The van der Waals surface area contributed by atoms with E-state index in [-0.39, 0.29) is 10.9 Å². The fraction of sp³-hybridized carbons (Fsp3) is 0.533. The zero-order chi connectivity index (χ0) is 18.1. The smallest absolute Gasteiger partial charge is 0.321 e. The highest BCUT2D eigenvalue weighted by Gasteiger charge is 2.38. The van der Waals surface area contributed by atoms with E-state index in [4.69, 9.17) is 0 Å². The molecule has 1 aromatic carbocycles. The molecule has 1 N–H and O–H groups in total. The Morgan fingerprint density at radius 3 is 2.17 bits per heavy atom. The van der Waals surface area contributed by atoms with Crippen molar-refractivity contribution in [2.24, 2.45) is 0 Å². The summed E-state index contributed by atoms with van der Waals surface area (Å²) in [6.45, 7) is 0. The Balaban J connectivity index is 2.09. The molecule has 0 unspecified atom stereocenters. The van der Waals surface area contributed by atoms with Gasteiger partial charge in [-0.1, -0.05) is 0 Å². The SMILES string of the molecule is CN(C(=O)Nc1ccc(S(C)(=O)=O)cc1)[C@@H]1CCC[C@@H]1S(C)(=O)=O. The molecule has 24 heavy (non-hydrogen) atoms. The van der Waals surface area contributed by atoms with Gasteiger partial charge in [-0.3, -0.25) is 0 Å². The van der Waals surface area contributed by atoms with Crippen LogP contribution in [0.1, 0.15) is 19.3 Å². The second-order valence-corrected chi connectivity index (χ2v) is 10.5. The lowest BCUT2D eigenvalue weighted by molar-refractivity contribution is 0.205.